The Morgan fingerprint density at radius 3 is 2.43 bits per heavy atom. The van der Waals surface area contributed by atoms with Gasteiger partial charge in [0.25, 0.3) is 0 Å². The Morgan fingerprint density at radius 2 is 1.67 bits per heavy atom. The minimum atomic E-state index is 0.698. The van der Waals surface area contributed by atoms with Gasteiger partial charge < -0.3 is 4.74 Å². The summed E-state index contributed by atoms with van der Waals surface area (Å²) in [5.41, 5.74) is 2.41. The summed E-state index contributed by atoms with van der Waals surface area (Å²) in [6.45, 7) is 0.843. The fraction of sp³-hybridized carbons (Fsp3) is 0.300. The highest BCUT2D eigenvalue weighted by atomic mass is 16.5. The highest BCUT2D eigenvalue weighted by Crippen LogP contribution is 2.43. The minimum absolute atomic E-state index is 0.698. The SMILES string of the molecule is C1=C[C@H]2CC1CC2COc1ccccc1-c1ccccc1. The van der Waals surface area contributed by atoms with Crippen LogP contribution >= 0.6 is 0 Å². The maximum atomic E-state index is 6.19. The number of ether oxygens (including phenoxy) is 1. The molecular weight excluding hydrogens is 256 g/mol. The van der Waals surface area contributed by atoms with Gasteiger partial charge in [0.1, 0.15) is 5.75 Å². The Hall–Kier alpha value is -2.02. The van der Waals surface area contributed by atoms with Crippen LogP contribution in [0.5, 0.6) is 5.75 Å². The van der Waals surface area contributed by atoms with Crippen molar-refractivity contribution < 1.29 is 4.74 Å². The molecule has 0 amide bonds. The maximum absolute atomic E-state index is 6.19. The van der Waals surface area contributed by atoms with Crippen molar-refractivity contribution in [2.45, 2.75) is 12.8 Å². The van der Waals surface area contributed by atoms with E-state index in [1.807, 2.05) is 0 Å². The highest BCUT2D eigenvalue weighted by Gasteiger charge is 2.35. The van der Waals surface area contributed by atoms with Gasteiger partial charge in [0.05, 0.1) is 6.61 Å². The zero-order valence-electron chi connectivity index (χ0n) is 12.1. The molecule has 2 aliphatic carbocycles. The summed E-state index contributed by atoms with van der Waals surface area (Å²) in [4.78, 5) is 0. The van der Waals surface area contributed by atoms with Gasteiger partial charge in [0, 0.05) is 5.56 Å². The van der Waals surface area contributed by atoms with Gasteiger partial charge in [0.2, 0.25) is 0 Å². The van der Waals surface area contributed by atoms with Crippen molar-refractivity contribution in [2.75, 3.05) is 6.61 Å². The molecule has 0 aromatic heterocycles. The van der Waals surface area contributed by atoms with Crippen LogP contribution in [0.1, 0.15) is 12.8 Å². The Labute approximate surface area is 126 Å². The molecule has 1 fully saturated rings. The highest BCUT2D eigenvalue weighted by molar-refractivity contribution is 5.70. The van der Waals surface area contributed by atoms with Crippen LogP contribution in [0.2, 0.25) is 0 Å². The predicted molar refractivity (Wildman–Crippen MR) is 86.2 cm³/mol. The van der Waals surface area contributed by atoms with Crippen LogP contribution in [0, 0.1) is 17.8 Å². The van der Waals surface area contributed by atoms with Crippen molar-refractivity contribution in [3.8, 4) is 16.9 Å². The average molecular weight is 276 g/mol. The van der Waals surface area contributed by atoms with Crippen molar-refractivity contribution >= 4 is 0 Å². The third-order valence-electron chi connectivity index (χ3n) is 4.84. The minimum Gasteiger partial charge on any atom is -0.493 e. The zero-order valence-corrected chi connectivity index (χ0v) is 12.1. The number of para-hydroxylation sites is 1. The maximum Gasteiger partial charge on any atom is 0.127 e. The van der Waals surface area contributed by atoms with Crippen LogP contribution < -0.4 is 4.74 Å². The Morgan fingerprint density at radius 1 is 0.857 bits per heavy atom. The van der Waals surface area contributed by atoms with E-state index in [9.17, 15) is 0 Å². The van der Waals surface area contributed by atoms with Crippen LogP contribution in [-0.4, -0.2) is 6.61 Å². The van der Waals surface area contributed by atoms with Crippen molar-refractivity contribution in [3.05, 3.63) is 66.7 Å². The largest absolute Gasteiger partial charge is 0.493 e. The molecule has 1 heteroatoms. The molecule has 0 spiro atoms. The molecular formula is C20H20O. The molecule has 2 aromatic rings. The standard InChI is InChI=1S/C20H20O/c1-2-6-16(7-3-1)19-8-4-5-9-20(19)21-14-18-13-15-10-11-17(18)12-15/h1-11,15,17-18H,12-14H2/t15?,17-,18?/m0/s1. The molecule has 0 N–H and O–H groups in total. The number of hydrogen-bond donors (Lipinski definition) is 0. The molecule has 0 radical (unpaired) electrons. The third kappa shape index (κ3) is 2.49. The summed E-state index contributed by atoms with van der Waals surface area (Å²) in [5.74, 6) is 3.27. The molecule has 3 atom stereocenters. The first-order valence-electron chi connectivity index (χ1n) is 7.86. The average Bonchev–Trinajstić information content (AvgIpc) is 3.17. The monoisotopic (exact) mass is 276 g/mol. The van der Waals surface area contributed by atoms with Crippen LogP contribution in [0.25, 0.3) is 11.1 Å². The lowest BCUT2D eigenvalue weighted by Gasteiger charge is -2.20. The third-order valence-corrected chi connectivity index (χ3v) is 4.84. The normalized spacial score (nSPS) is 26.2. The molecule has 2 unspecified atom stereocenters. The van der Waals surface area contributed by atoms with E-state index >= 15 is 0 Å². The van der Waals surface area contributed by atoms with Gasteiger partial charge in [-0.05, 0) is 42.2 Å². The van der Waals surface area contributed by atoms with Crippen LogP contribution in [0.15, 0.2) is 66.7 Å². The van der Waals surface area contributed by atoms with Gasteiger partial charge in [-0.15, -0.1) is 0 Å². The van der Waals surface area contributed by atoms with Crippen molar-refractivity contribution in [3.63, 3.8) is 0 Å². The van der Waals surface area contributed by atoms with Crippen molar-refractivity contribution in [2.24, 2.45) is 17.8 Å². The van der Waals surface area contributed by atoms with E-state index in [-0.39, 0.29) is 0 Å². The molecule has 21 heavy (non-hydrogen) atoms. The Bertz CT molecular complexity index is 644. The van der Waals surface area contributed by atoms with Gasteiger partial charge in [-0.25, -0.2) is 0 Å². The first-order chi connectivity index (χ1) is 10.4. The lowest BCUT2D eigenvalue weighted by Crippen LogP contribution is -2.16. The summed E-state index contributed by atoms with van der Waals surface area (Å²) in [7, 11) is 0. The second-order valence-electron chi connectivity index (χ2n) is 6.21. The summed E-state index contributed by atoms with van der Waals surface area (Å²) >= 11 is 0. The summed E-state index contributed by atoms with van der Waals surface area (Å²) in [5, 5.41) is 0. The molecule has 1 nitrogen and oxygen atoms in total. The first kappa shape index (κ1) is 12.7. The molecule has 1 saturated carbocycles. The van der Waals surface area contributed by atoms with E-state index in [2.05, 4.69) is 66.7 Å². The van der Waals surface area contributed by atoms with Gasteiger partial charge in [-0.3, -0.25) is 0 Å². The summed E-state index contributed by atoms with van der Waals surface area (Å²) in [6.07, 6.45) is 7.42. The van der Waals surface area contributed by atoms with Gasteiger partial charge in [0.15, 0.2) is 0 Å². The molecule has 2 bridgehead atoms. The van der Waals surface area contributed by atoms with E-state index in [1.54, 1.807) is 0 Å². The second-order valence-corrected chi connectivity index (χ2v) is 6.21. The molecule has 2 aliphatic rings. The topological polar surface area (TPSA) is 9.23 Å². The zero-order chi connectivity index (χ0) is 14.1. The Balaban J connectivity index is 1.52. The van der Waals surface area contributed by atoms with Gasteiger partial charge in [-0.1, -0.05) is 60.7 Å². The Kier molecular flexibility index (Phi) is 3.27. The van der Waals surface area contributed by atoms with Gasteiger partial charge >= 0.3 is 0 Å². The predicted octanol–water partition coefficient (Wildman–Crippen LogP) is 4.94. The van der Waals surface area contributed by atoms with Crippen LogP contribution in [0.4, 0.5) is 0 Å². The van der Waals surface area contributed by atoms with Crippen molar-refractivity contribution in [1.82, 2.24) is 0 Å². The van der Waals surface area contributed by atoms with E-state index in [1.165, 1.54) is 24.0 Å². The molecule has 2 aromatic carbocycles. The van der Waals surface area contributed by atoms with Gasteiger partial charge in [-0.2, -0.15) is 0 Å². The van der Waals surface area contributed by atoms with E-state index in [4.69, 9.17) is 4.74 Å². The summed E-state index contributed by atoms with van der Waals surface area (Å²) < 4.78 is 6.19. The fourth-order valence-corrected chi connectivity index (χ4v) is 3.73. The molecule has 0 heterocycles. The van der Waals surface area contributed by atoms with Crippen LogP contribution in [0.3, 0.4) is 0 Å². The number of hydrogen-bond acceptors (Lipinski definition) is 1. The van der Waals surface area contributed by atoms with E-state index in [0.717, 1.165) is 24.2 Å². The second kappa shape index (κ2) is 5.40. The number of fused-ring (bicyclic) bond motifs is 2. The first-order valence-corrected chi connectivity index (χ1v) is 7.86. The number of benzene rings is 2. The molecule has 106 valence electrons. The lowest BCUT2D eigenvalue weighted by atomic mass is 9.94. The molecule has 0 aliphatic heterocycles. The van der Waals surface area contributed by atoms with Crippen LogP contribution in [-0.2, 0) is 0 Å². The van der Waals surface area contributed by atoms with E-state index in [0.29, 0.717) is 5.92 Å². The number of rotatable bonds is 4. The molecule has 4 rings (SSSR count). The van der Waals surface area contributed by atoms with E-state index < -0.39 is 0 Å². The fourth-order valence-electron chi connectivity index (χ4n) is 3.73. The smallest absolute Gasteiger partial charge is 0.127 e. The van der Waals surface area contributed by atoms with Crippen molar-refractivity contribution in [1.29, 1.82) is 0 Å². The molecule has 0 saturated heterocycles. The quantitative estimate of drug-likeness (QED) is 0.718. The number of allylic oxidation sites excluding steroid dienone is 2. The summed E-state index contributed by atoms with van der Waals surface area (Å²) in [6, 6.07) is 18.9. The lowest BCUT2D eigenvalue weighted by molar-refractivity contribution is 0.228.